The van der Waals surface area contributed by atoms with E-state index in [0.29, 0.717) is 22.2 Å². The van der Waals surface area contributed by atoms with Crippen molar-refractivity contribution in [3.8, 4) is 11.6 Å². The van der Waals surface area contributed by atoms with E-state index in [1.54, 1.807) is 29.5 Å². The monoisotopic (exact) mass is 344 g/mol. The number of hydrogen-bond acceptors (Lipinski definition) is 5. The Morgan fingerprint density at radius 1 is 1.30 bits per heavy atom. The van der Waals surface area contributed by atoms with Crippen molar-refractivity contribution in [1.82, 2.24) is 9.97 Å². The van der Waals surface area contributed by atoms with E-state index in [4.69, 9.17) is 16.3 Å². The van der Waals surface area contributed by atoms with Crippen molar-refractivity contribution in [2.24, 2.45) is 0 Å². The summed E-state index contributed by atoms with van der Waals surface area (Å²) in [4.78, 5) is 22.4. The molecule has 0 radical (unpaired) electrons. The second kappa shape index (κ2) is 5.58. The van der Waals surface area contributed by atoms with Crippen LogP contribution in [0.3, 0.4) is 0 Å². The standard InChI is InChI=1S/C17H13ClN2O2S/c1-9(21)10-5-6-13(12(18)7-10)22-16-15-11-3-2-4-14(11)23-17(15)20-8-19-16/h5-8H,2-4H2,1H3. The summed E-state index contributed by atoms with van der Waals surface area (Å²) < 4.78 is 5.95. The minimum absolute atomic E-state index is 0.0291. The summed E-state index contributed by atoms with van der Waals surface area (Å²) in [7, 11) is 0. The van der Waals surface area contributed by atoms with Crippen molar-refractivity contribution >= 4 is 38.9 Å². The van der Waals surface area contributed by atoms with Gasteiger partial charge in [0, 0.05) is 10.4 Å². The number of ketones is 1. The molecule has 3 aromatic rings. The molecule has 0 N–H and O–H groups in total. The van der Waals surface area contributed by atoms with Crippen molar-refractivity contribution in [1.29, 1.82) is 0 Å². The Morgan fingerprint density at radius 3 is 2.96 bits per heavy atom. The van der Waals surface area contributed by atoms with E-state index in [9.17, 15) is 4.79 Å². The Labute approximate surface area is 142 Å². The van der Waals surface area contributed by atoms with E-state index in [0.717, 1.165) is 23.1 Å². The molecule has 0 atom stereocenters. The van der Waals surface area contributed by atoms with Crippen molar-refractivity contribution < 1.29 is 9.53 Å². The van der Waals surface area contributed by atoms with Gasteiger partial charge in [-0.15, -0.1) is 11.3 Å². The lowest BCUT2D eigenvalue weighted by Crippen LogP contribution is -1.95. The van der Waals surface area contributed by atoms with Crippen LogP contribution in [0.15, 0.2) is 24.5 Å². The van der Waals surface area contributed by atoms with Crippen LogP contribution in [0.4, 0.5) is 0 Å². The van der Waals surface area contributed by atoms with Crippen LogP contribution in [0.5, 0.6) is 11.6 Å². The highest BCUT2D eigenvalue weighted by Crippen LogP contribution is 2.41. The van der Waals surface area contributed by atoms with Crippen LogP contribution in [0, 0.1) is 0 Å². The Hall–Kier alpha value is -1.98. The van der Waals surface area contributed by atoms with Gasteiger partial charge in [-0.2, -0.15) is 0 Å². The summed E-state index contributed by atoms with van der Waals surface area (Å²) in [6.07, 6.45) is 4.82. The first-order valence-corrected chi connectivity index (χ1v) is 8.56. The number of fused-ring (bicyclic) bond motifs is 3. The molecule has 2 heterocycles. The minimum atomic E-state index is -0.0291. The molecule has 0 bridgehead atoms. The van der Waals surface area contributed by atoms with E-state index >= 15 is 0 Å². The van der Waals surface area contributed by atoms with E-state index in [-0.39, 0.29) is 5.78 Å². The molecule has 1 aliphatic rings. The van der Waals surface area contributed by atoms with Gasteiger partial charge in [0.05, 0.1) is 10.4 Å². The van der Waals surface area contributed by atoms with E-state index in [1.165, 1.54) is 30.1 Å². The first kappa shape index (κ1) is 14.6. The van der Waals surface area contributed by atoms with Gasteiger partial charge < -0.3 is 4.74 Å². The summed E-state index contributed by atoms with van der Waals surface area (Å²) in [5.41, 5.74) is 1.86. The zero-order valence-corrected chi connectivity index (χ0v) is 14.0. The lowest BCUT2D eigenvalue weighted by molar-refractivity contribution is 0.101. The van der Waals surface area contributed by atoms with Gasteiger partial charge in [-0.3, -0.25) is 4.79 Å². The van der Waals surface area contributed by atoms with Crippen LogP contribution in [0.25, 0.3) is 10.2 Å². The lowest BCUT2D eigenvalue weighted by Gasteiger charge is -2.09. The Morgan fingerprint density at radius 2 is 2.17 bits per heavy atom. The number of thiophene rings is 1. The average molecular weight is 345 g/mol. The Kier molecular flexibility index (Phi) is 3.54. The second-order valence-electron chi connectivity index (χ2n) is 5.52. The molecule has 4 rings (SSSR count). The maximum atomic E-state index is 11.4. The predicted molar refractivity (Wildman–Crippen MR) is 91.0 cm³/mol. The van der Waals surface area contributed by atoms with Gasteiger partial charge in [0.15, 0.2) is 5.78 Å². The number of Topliss-reactive ketones (excluding diaryl/α,β-unsaturated/α-hetero) is 1. The zero-order chi connectivity index (χ0) is 16.0. The lowest BCUT2D eigenvalue weighted by atomic mass is 10.1. The first-order chi connectivity index (χ1) is 11.1. The molecule has 0 spiro atoms. The largest absolute Gasteiger partial charge is 0.437 e. The number of carbonyl (C=O) groups excluding carboxylic acids is 1. The summed E-state index contributed by atoms with van der Waals surface area (Å²) in [5, 5.41) is 1.40. The van der Waals surface area contributed by atoms with Crippen LogP contribution in [0.2, 0.25) is 5.02 Å². The van der Waals surface area contributed by atoms with E-state index in [2.05, 4.69) is 9.97 Å². The number of hydrogen-bond donors (Lipinski definition) is 0. The molecular weight excluding hydrogens is 332 g/mol. The van der Waals surface area contributed by atoms with Crippen molar-refractivity contribution in [3.63, 3.8) is 0 Å². The normalized spacial score (nSPS) is 13.3. The summed E-state index contributed by atoms with van der Waals surface area (Å²) in [6.45, 7) is 1.51. The second-order valence-corrected chi connectivity index (χ2v) is 7.01. The molecule has 4 nitrogen and oxygen atoms in total. The fraction of sp³-hybridized carbons (Fsp3) is 0.235. The smallest absolute Gasteiger partial charge is 0.231 e. The number of nitrogens with zero attached hydrogens (tertiary/aromatic N) is 2. The molecule has 1 aromatic carbocycles. The van der Waals surface area contributed by atoms with Gasteiger partial charge in [0.25, 0.3) is 0 Å². The first-order valence-electron chi connectivity index (χ1n) is 7.37. The highest BCUT2D eigenvalue weighted by atomic mass is 35.5. The molecular formula is C17H13ClN2O2S. The number of ether oxygens (including phenoxy) is 1. The van der Waals surface area contributed by atoms with Crippen LogP contribution in [-0.4, -0.2) is 15.8 Å². The molecule has 0 fully saturated rings. The summed E-state index contributed by atoms with van der Waals surface area (Å²) in [6, 6.07) is 5.04. The molecule has 23 heavy (non-hydrogen) atoms. The number of benzene rings is 1. The quantitative estimate of drug-likeness (QED) is 0.639. The highest BCUT2D eigenvalue weighted by Gasteiger charge is 2.22. The Balaban J connectivity index is 1.78. The molecule has 1 aliphatic carbocycles. The van der Waals surface area contributed by atoms with Crippen LogP contribution in [0.1, 0.15) is 34.1 Å². The van der Waals surface area contributed by atoms with Gasteiger partial charge in [0.1, 0.15) is 16.9 Å². The highest BCUT2D eigenvalue weighted by molar-refractivity contribution is 7.18. The van der Waals surface area contributed by atoms with Crippen LogP contribution in [-0.2, 0) is 12.8 Å². The van der Waals surface area contributed by atoms with Crippen LogP contribution >= 0.6 is 22.9 Å². The van der Waals surface area contributed by atoms with Crippen molar-refractivity contribution in [2.45, 2.75) is 26.2 Å². The van der Waals surface area contributed by atoms with Gasteiger partial charge >= 0.3 is 0 Å². The SMILES string of the molecule is CC(=O)c1ccc(Oc2ncnc3sc4c(c23)CCC4)c(Cl)c1. The maximum Gasteiger partial charge on any atom is 0.231 e. The third-order valence-electron chi connectivity index (χ3n) is 4.01. The van der Waals surface area contributed by atoms with E-state index < -0.39 is 0 Å². The van der Waals surface area contributed by atoms with Crippen molar-refractivity contribution in [2.75, 3.05) is 0 Å². The minimum Gasteiger partial charge on any atom is -0.437 e. The number of aromatic nitrogens is 2. The van der Waals surface area contributed by atoms with Gasteiger partial charge in [-0.25, -0.2) is 9.97 Å². The fourth-order valence-electron chi connectivity index (χ4n) is 2.88. The number of carbonyl (C=O) groups is 1. The van der Waals surface area contributed by atoms with Gasteiger partial charge in [0.2, 0.25) is 5.88 Å². The molecule has 0 aliphatic heterocycles. The summed E-state index contributed by atoms with van der Waals surface area (Å²) in [5.74, 6) is 1.00. The number of aryl methyl sites for hydroxylation is 2. The third kappa shape index (κ3) is 2.50. The molecule has 6 heteroatoms. The number of rotatable bonds is 3. The third-order valence-corrected chi connectivity index (χ3v) is 5.51. The molecule has 116 valence electrons. The molecule has 0 saturated carbocycles. The van der Waals surface area contributed by atoms with Crippen LogP contribution < -0.4 is 4.74 Å². The zero-order valence-electron chi connectivity index (χ0n) is 12.4. The van der Waals surface area contributed by atoms with Gasteiger partial charge in [-0.1, -0.05) is 11.6 Å². The summed E-state index contributed by atoms with van der Waals surface area (Å²) >= 11 is 7.96. The molecule has 0 unspecified atom stereocenters. The fourth-order valence-corrected chi connectivity index (χ4v) is 4.32. The molecule has 0 saturated heterocycles. The predicted octanol–water partition coefficient (Wildman–Crippen LogP) is 4.83. The maximum absolute atomic E-state index is 11.4. The van der Waals surface area contributed by atoms with Gasteiger partial charge in [-0.05, 0) is 49.9 Å². The molecule has 2 aromatic heterocycles. The Bertz CT molecular complexity index is 936. The number of halogens is 1. The average Bonchev–Trinajstić information content (AvgIpc) is 3.09. The topological polar surface area (TPSA) is 52.1 Å². The van der Waals surface area contributed by atoms with Crippen molar-refractivity contribution in [3.05, 3.63) is 45.6 Å². The van der Waals surface area contributed by atoms with E-state index in [1.807, 2.05) is 0 Å². The molecule has 0 amide bonds.